The number of para-hydroxylation sites is 1. The largest absolute Gasteiger partial charge is 1.00 e. The monoisotopic (exact) mass is 445 g/mol. The van der Waals surface area contributed by atoms with Crippen LogP contribution in [0.25, 0.3) is 11.0 Å². The van der Waals surface area contributed by atoms with Crippen LogP contribution in [-0.4, -0.2) is 21.6 Å². The molecule has 0 saturated carbocycles. The standard InChI is InChI=1S/C24H36N5O.ClH/c1-2-3-4-5-6-7-8-9-12-18-30-21-28-17-13-14-22(19-28)25-20-29-24-16-11-10-15-23(24)26-27-29;/h10-11,13-17,19,25H,2-9,12,18,20-21H2,1H3;1H/q+1;/p-1. The Morgan fingerprint density at radius 3 is 2.48 bits per heavy atom. The second kappa shape index (κ2) is 14.8. The molecule has 170 valence electrons. The molecular formula is C24H36ClN5O. The normalized spacial score (nSPS) is 10.9. The molecule has 0 aliphatic carbocycles. The first kappa shape index (κ1) is 25.1. The average molecular weight is 446 g/mol. The Kier molecular flexibility index (Phi) is 11.9. The van der Waals surface area contributed by atoms with Gasteiger partial charge >= 0.3 is 0 Å². The number of anilines is 1. The van der Waals surface area contributed by atoms with Gasteiger partial charge in [0, 0.05) is 6.07 Å². The third-order valence-electron chi connectivity index (χ3n) is 5.34. The van der Waals surface area contributed by atoms with Crippen LogP contribution in [0.4, 0.5) is 5.69 Å². The van der Waals surface area contributed by atoms with E-state index < -0.39 is 0 Å². The molecule has 3 rings (SSSR count). The number of hydrogen-bond donors (Lipinski definition) is 1. The number of aromatic nitrogens is 4. The lowest BCUT2D eigenvalue weighted by Crippen LogP contribution is -3.00. The van der Waals surface area contributed by atoms with Crippen molar-refractivity contribution in [1.82, 2.24) is 15.0 Å². The number of benzene rings is 1. The SMILES string of the molecule is CCCCCCCCCCCOC[n+]1cccc(NCn2nnc3ccccc32)c1.[Cl-]. The van der Waals surface area contributed by atoms with E-state index in [1.54, 1.807) is 0 Å². The number of ether oxygens (including phenoxy) is 1. The third kappa shape index (κ3) is 8.83. The van der Waals surface area contributed by atoms with Crippen LogP contribution in [0.2, 0.25) is 0 Å². The van der Waals surface area contributed by atoms with E-state index in [0.717, 1.165) is 29.7 Å². The van der Waals surface area contributed by atoms with Crippen molar-refractivity contribution in [2.45, 2.75) is 78.1 Å². The minimum atomic E-state index is 0. The van der Waals surface area contributed by atoms with Gasteiger partial charge in [-0.25, -0.2) is 4.68 Å². The van der Waals surface area contributed by atoms with Crippen molar-refractivity contribution in [2.24, 2.45) is 0 Å². The van der Waals surface area contributed by atoms with Crippen LogP contribution in [0, 0.1) is 0 Å². The average Bonchev–Trinajstić information content (AvgIpc) is 3.19. The number of nitrogens with zero attached hydrogens (tertiary/aromatic N) is 4. The highest BCUT2D eigenvalue weighted by Crippen LogP contribution is 2.11. The van der Waals surface area contributed by atoms with Crippen molar-refractivity contribution < 1.29 is 21.7 Å². The topological polar surface area (TPSA) is 55.9 Å². The lowest BCUT2D eigenvalue weighted by atomic mass is 10.1. The molecule has 2 heterocycles. The van der Waals surface area contributed by atoms with Crippen LogP contribution in [0.5, 0.6) is 0 Å². The van der Waals surface area contributed by atoms with Crippen molar-refractivity contribution in [3.05, 3.63) is 48.8 Å². The summed E-state index contributed by atoms with van der Waals surface area (Å²) < 4.78 is 9.78. The van der Waals surface area contributed by atoms with Gasteiger partial charge in [0.25, 0.3) is 6.73 Å². The maximum atomic E-state index is 5.85. The number of hydrogen-bond acceptors (Lipinski definition) is 4. The number of halogens is 1. The van der Waals surface area contributed by atoms with Crippen molar-refractivity contribution in [1.29, 1.82) is 0 Å². The van der Waals surface area contributed by atoms with Gasteiger partial charge in [0.15, 0.2) is 12.4 Å². The quantitative estimate of drug-likeness (QED) is 0.288. The molecule has 0 bridgehead atoms. The van der Waals surface area contributed by atoms with Crippen LogP contribution in [0.15, 0.2) is 48.8 Å². The van der Waals surface area contributed by atoms with E-state index in [2.05, 4.69) is 39.4 Å². The summed E-state index contributed by atoms with van der Waals surface area (Å²) in [4.78, 5) is 0. The molecule has 1 N–H and O–H groups in total. The van der Waals surface area contributed by atoms with E-state index >= 15 is 0 Å². The minimum absolute atomic E-state index is 0. The lowest BCUT2D eigenvalue weighted by Gasteiger charge is -2.06. The Morgan fingerprint density at radius 2 is 1.68 bits per heavy atom. The fourth-order valence-corrected chi connectivity index (χ4v) is 3.59. The van der Waals surface area contributed by atoms with Crippen molar-refractivity contribution in [3.8, 4) is 0 Å². The molecule has 0 radical (unpaired) electrons. The third-order valence-corrected chi connectivity index (χ3v) is 5.34. The molecule has 31 heavy (non-hydrogen) atoms. The number of pyridine rings is 1. The predicted octanol–water partition coefficient (Wildman–Crippen LogP) is 2.30. The molecule has 7 heteroatoms. The van der Waals surface area contributed by atoms with Crippen LogP contribution < -0.4 is 22.3 Å². The molecule has 0 unspecified atom stereocenters. The first-order valence-corrected chi connectivity index (χ1v) is 11.5. The highest BCUT2D eigenvalue weighted by atomic mass is 35.5. The summed E-state index contributed by atoms with van der Waals surface area (Å²) in [6.45, 7) is 4.25. The van der Waals surface area contributed by atoms with Gasteiger partial charge in [-0.05, 0) is 24.6 Å². The van der Waals surface area contributed by atoms with Crippen LogP contribution in [-0.2, 0) is 18.1 Å². The first-order valence-electron chi connectivity index (χ1n) is 11.5. The molecule has 0 aliphatic rings. The highest BCUT2D eigenvalue weighted by molar-refractivity contribution is 5.73. The summed E-state index contributed by atoms with van der Waals surface area (Å²) in [5.74, 6) is 0. The van der Waals surface area contributed by atoms with E-state index in [0.29, 0.717) is 13.4 Å². The van der Waals surface area contributed by atoms with Gasteiger partial charge < -0.3 is 22.5 Å². The zero-order valence-electron chi connectivity index (χ0n) is 18.7. The van der Waals surface area contributed by atoms with Gasteiger partial charge in [-0.1, -0.05) is 75.6 Å². The second-order valence-electron chi connectivity index (χ2n) is 7.89. The van der Waals surface area contributed by atoms with Gasteiger partial charge in [0.05, 0.1) is 12.1 Å². The summed E-state index contributed by atoms with van der Waals surface area (Å²) in [7, 11) is 0. The fourth-order valence-electron chi connectivity index (χ4n) is 3.59. The summed E-state index contributed by atoms with van der Waals surface area (Å²) in [5.41, 5.74) is 2.97. The van der Waals surface area contributed by atoms with E-state index in [4.69, 9.17) is 4.74 Å². The van der Waals surface area contributed by atoms with Crippen LogP contribution in [0.3, 0.4) is 0 Å². The molecule has 2 aromatic heterocycles. The maximum Gasteiger partial charge on any atom is 0.252 e. The molecule has 0 atom stereocenters. The Morgan fingerprint density at radius 1 is 0.935 bits per heavy atom. The summed E-state index contributed by atoms with van der Waals surface area (Å²) in [5, 5.41) is 11.8. The van der Waals surface area contributed by atoms with E-state index in [9.17, 15) is 0 Å². The van der Waals surface area contributed by atoms with Gasteiger partial charge in [-0.2, -0.15) is 4.57 Å². The molecule has 0 amide bonds. The summed E-state index contributed by atoms with van der Waals surface area (Å²) >= 11 is 0. The molecule has 0 fully saturated rings. The van der Waals surface area contributed by atoms with E-state index in [1.807, 2.05) is 41.2 Å². The molecule has 3 aromatic rings. The van der Waals surface area contributed by atoms with Gasteiger partial charge in [0.1, 0.15) is 17.9 Å². The molecule has 6 nitrogen and oxygen atoms in total. The predicted molar refractivity (Wildman–Crippen MR) is 121 cm³/mol. The molecule has 0 saturated heterocycles. The Bertz CT molecular complexity index is 870. The zero-order chi connectivity index (χ0) is 20.9. The van der Waals surface area contributed by atoms with E-state index in [-0.39, 0.29) is 12.4 Å². The highest BCUT2D eigenvalue weighted by Gasteiger charge is 2.05. The Balaban J connectivity index is 0.00000341. The Hall–Kier alpha value is -2.18. The summed E-state index contributed by atoms with van der Waals surface area (Å²) in [6, 6.07) is 12.1. The van der Waals surface area contributed by atoms with Crippen LogP contribution >= 0.6 is 0 Å². The molecule has 0 spiro atoms. The minimum Gasteiger partial charge on any atom is -1.00 e. The summed E-state index contributed by atoms with van der Waals surface area (Å²) in [6.07, 6.45) is 16.1. The number of rotatable bonds is 15. The fraction of sp³-hybridized carbons (Fsp3) is 0.542. The van der Waals surface area contributed by atoms with Crippen molar-refractivity contribution in [3.63, 3.8) is 0 Å². The number of nitrogens with one attached hydrogen (secondary N) is 1. The molecule has 0 aliphatic heterocycles. The zero-order valence-corrected chi connectivity index (χ0v) is 19.4. The van der Waals surface area contributed by atoms with Gasteiger partial charge in [0.2, 0.25) is 0 Å². The van der Waals surface area contributed by atoms with Crippen molar-refractivity contribution >= 4 is 16.7 Å². The number of fused-ring (bicyclic) bond motifs is 1. The lowest BCUT2D eigenvalue weighted by molar-refractivity contribution is -0.732. The number of unbranched alkanes of at least 4 members (excludes halogenated alkanes) is 8. The van der Waals surface area contributed by atoms with Crippen molar-refractivity contribution in [2.75, 3.05) is 11.9 Å². The Labute approximate surface area is 192 Å². The maximum absolute atomic E-state index is 5.85. The first-order chi connectivity index (χ1) is 14.9. The molecular weight excluding hydrogens is 410 g/mol. The smallest absolute Gasteiger partial charge is 0.252 e. The molecule has 1 aromatic carbocycles. The van der Waals surface area contributed by atoms with E-state index in [1.165, 1.54) is 51.4 Å². The second-order valence-corrected chi connectivity index (χ2v) is 7.89. The van der Waals surface area contributed by atoms with Gasteiger partial charge in [-0.3, -0.25) is 0 Å². The van der Waals surface area contributed by atoms with Crippen LogP contribution in [0.1, 0.15) is 64.7 Å². The van der Waals surface area contributed by atoms with Gasteiger partial charge in [-0.15, -0.1) is 5.10 Å².